The van der Waals surface area contributed by atoms with Crippen molar-refractivity contribution in [2.24, 2.45) is 5.92 Å². The molecule has 3 aromatic rings. The predicted octanol–water partition coefficient (Wildman–Crippen LogP) is 4.70. The molecule has 1 aromatic heterocycles. The third-order valence-electron chi connectivity index (χ3n) is 10.7. The standard InChI is InChI=1S/C39H47N7O6/c47-35-33-24-30(46-43-34(42-44-46)28-16-8-5-9-17-28)26-45(33)36(48)32(40-38(50)52-31-19-12-13-20-31)21-11-3-1-2-10-18-29-25-39(29,41-35)37(49)51-23-22-27-14-6-4-7-15-27/h4-10,14-18,29-33H,1-3,11-13,19-26H2,(H,40,50)(H,41,47)/b18-10-/t29?,30-,32+,33+,39-/m1/s1. The third-order valence-corrected chi connectivity index (χ3v) is 10.7. The van der Waals surface area contributed by atoms with Gasteiger partial charge in [0, 0.05) is 30.9 Å². The van der Waals surface area contributed by atoms with Crippen LogP contribution in [0.3, 0.4) is 0 Å². The van der Waals surface area contributed by atoms with Gasteiger partial charge in [0.2, 0.25) is 17.6 Å². The van der Waals surface area contributed by atoms with E-state index in [2.05, 4.69) is 32.1 Å². The normalized spacial score (nSPS) is 27.3. The first-order chi connectivity index (χ1) is 25.4. The number of hydrogen-bond acceptors (Lipinski definition) is 9. The molecule has 0 bridgehead atoms. The van der Waals surface area contributed by atoms with Crippen LogP contribution in [-0.2, 0) is 30.3 Å². The lowest BCUT2D eigenvalue weighted by Crippen LogP contribution is -2.56. The Morgan fingerprint density at radius 3 is 2.48 bits per heavy atom. The molecule has 0 spiro atoms. The zero-order valence-corrected chi connectivity index (χ0v) is 29.4. The molecule has 3 heterocycles. The van der Waals surface area contributed by atoms with Gasteiger partial charge in [-0.1, -0.05) is 85.7 Å². The van der Waals surface area contributed by atoms with Crippen molar-refractivity contribution in [1.29, 1.82) is 0 Å². The van der Waals surface area contributed by atoms with Crippen molar-refractivity contribution in [2.45, 2.75) is 107 Å². The lowest BCUT2D eigenvalue weighted by atomic mass is 10.0. The zero-order valence-electron chi connectivity index (χ0n) is 29.4. The maximum Gasteiger partial charge on any atom is 0.408 e. The second-order valence-corrected chi connectivity index (χ2v) is 14.4. The molecule has 5 atom stereocenters. The van der Waals surface area contributed by atoms with Gasteiger partial charge in [-0.05, 0) is 62.1 Å². The number of alkyl carbamates (subject to hydrolysis) is 1. The number of fused-ring (bicyclic) bond motifs is 2. The fraction of sp³-hybridized carbons (Fsp3) is 0.513. The van der Waals surface area contributed by atoms with E-state index in [1.54, 1.807) is 0 Å². The second-order valence-electron chi connectivity index (χ2n) is 14.4. The molecular weight excluding hydrogens is 662 g/mol. The van der Waals surface area contributed by atoms with Gasteiger partial charge in [0.25, 0.3) is 0 Å². The molecule has 0 radical (unpaired) electrons. The van der Waals surface area contributed by atoms with Crippen LogP contribution in [0.5, 0.6) is 0 Å². The molecule has 2 aliphatic heterocycles. The number of rotatable bonds is 8. The number of benzene rings is 2. The lowest BCUT2D eigenvalue weighted by Gasteiger charge is -2.30. The first kappa shape index (κ1) is 35.3. The highest BCUT2D eigenvalue weighted by Crippen LogP contribution is 2.46. The molecule has 2 aromatic carbocycles. The number of carbonyl (C=O) groups is 4. The highest BCUT2D eigenvalue weighted by atomic mass is 16.6. The van der Waals surface area contributed by atoms with Gasteiger partial charge >= 0.3 is 12.1 Å². The highest BCUT2D eigenvalue weighted by molar-refractivity contribution is 5.96. The Hall–Kier alpha value is -5.07. The van der Waals surface area contributed by atoms with E-state index in [4.69, 9.17) is 9.47 Å². The summed E-state index contributed by atoms with van der Waals surface area (Å²) in [5.74, 6) is -1.12. The molecule has 2 aliphatic carbocycles. The summed E-state index contributed by atoms with van der Waals surface area (Å²) in [5, 5.41) is 19.1. The van der Waals surface area contributed by atoms with Crippen LogP contribution < -0.4 is 10.6 Å². The van der Waals surface area contributed by atoms with Gasteiger partial charge in [-0.15, -0.1) is 10.2 Å². The van der Waals surface area contributed by atoms with Gasteiger partial charge in [0.15, 0.2) is 0 Å². The number of hydrogen-bond donors (Lipinski definition) is 2. The van der Waals surface area contributed by atoms with Crippen LogP contribution in [0.2, 0.25) is 0 Å². The van der Waals surface area contributed by atoms with Crippen LogP contribution in [-0.4, -0.2) is 85.9 Å². The van der Waals surface area contributed by atoms with Crippen molar-refractivity contribution in [2.75, 3.05) is 13.2 Å². The zero-order chi connectivity index (χ0) is 35.9. The van der Waals surface area contributed by atoms with Crippen molar-refractivity contribution in [3.8, 4) is 11.4 Å². The average molecular weight is 710 g/mol. The molecular formula is C39H47N7O6. The Bertz CT molecular complexity index is 1740. The Labute approximate surface area is 303 Å². The van der Waals surface area contributed by atoms with Gasteiger partial charge in [0.1, 0.15) is 23.7 Å². The molecule has 13 nitrogen and oxygen atoms in total. The van der Waals surface area contributed by atoms with Crippen molar-refractivity contribution in [1.82, 2.24) is 35.7 Å². The molecule has 52 heavy (non-hydrogen) atoms. The first-order valence-electron chi connectivity index (χ1n) is 18.7. The van der Waals surface area contributed by atoms with Crippen LogP contribution >= 0.6 is 0 Å². The van der Waals surface area contributed by atoms with Crippen LogP contribution in [0.4, 0.5) is 4.79 Å². The van der Waals surface area contributed by atoms with E-state index < -0.39 is 41.6 Å². The molecule has 7 rings (SSSR count). The van der Waals surface area contributed by atoms with Crippen LogP contribution in [0.1, 0.15) is 82.2 Å². The number of aromatic nitrogens is 4. The third kappa shape index (κ3) is 8.18. The van der Waals surface area contributed by atoms with Gasteiger partial charge in [-0.2, -0.15) is 4.80 Å². The number of tetrazole rings is 1. The van der Waals surface area contributed by atoms with E-state index >= 15 is 0 Å². The van der Waals surface area contributed by atoms with Gasteiger partial charge in [-0.3, -0.25) is 9.59 Å². The minimum Gasteiger partial charge on any atom is -0.464 e. The highest BCUT2D eigenvalue weighted by Gasteiger charge is 2.62. The van der Waals surface area contributed by atoms with Crippen LogP contribution in [0, 0.1) is 5.92 Å². The summed E-state index contributed by atoms with van der Waals surface area (Å²) in [5.41, 5.74) is 0.608. The van der Waals surface area contributed by atoms with Crippen molar-refractivity contribution >= 4 is 23.9 Å². The number of esters is 1. The SMILES string of the molecule is O=C(N[C@H]1CCCCC/C=C\C2C[C@@]2(C(=O)OCCc2ccccc2)NC(=O)[C@@H]2C[C@@H](n3nnc(-c4ccccc4)n3)CN2C1=O)OC1CCCC1. The van der Waals surface area contributed by atoms with Gasteiger partial charge in [-0.25, -0.2) is 9.59 Å². The number of nitrogens with one attached hydrogen (secondary N) is 2. The van der Waals surface area contributed by atoms with E-state index in [1.165, 1.54) is 9.70 Å². The summed E-state index contributed by atoms with van der Waals surface area (Å²) in [6, 6.07) is 16.9. The Morgan fingerprint density at radius 1 is 0.942 bits per heavy atom. The number of ether oxygens (including phenoxy) is 2. The quantitative estimate of drug-likeness (QED) is 0.250. The largest absolute Gasteiger partial charge is 0.464 e. The number of nitrogens with zero attached hydrogens (tertiary/aromatic N) is 5. The van der Waals surface area contributed by atoms with Crippen molar-refractivity contribution in [3.05, 3.63) is 78.4 Å². The molecule has 2 N–H and O–H groups in total. The fourth-order valence-electron chi connectivity index (χ4n) is 7.68. The molecule has 2 saturated carbocycles. The molecule has 13 heteroatoms. The van der Waals surface area contributed by atoms with E-state index in [9.17, 15) is 19.2 Å². The predicted molar refractivity (Wildman–Crippen MR) is 190 cm³/mol. The minimum absolute atomic E-state index is 0.120. The summed E-state index contributed by atoms with van der Waals surface area (Å²) in [7, 11) is 0. The van der Waals surface area contributed by atoms with E-state index in [1.807, 2.05) is 66.7 Å². The monoisotopic (exact) mass is 709 g/mol. The topological polar surface area (TPSA) is 158 Å². The van der Waals surface area contributed by atoms with Crippen LogP contribution in [0.15, 0.2) is 72.8 Å². The summed E-state index contributed by atoms with van der Waals surface area (Å²) in [6.07, 6.45) is 11.7. The van der Waals surface area contributed by atoms with E-state index in [-0.39, 0.29) is 37.5 Å². The first-order valence-corrected chi connectivity index (χ1v) is 18.7. The molecule has 1 unspecified atom stereocenters. The van der Waals surface area contributed by atoms with Gasteiger partial charge in [0.05, 0.1) is 12.6 Å². The van der Waals surface area contributed by atoms with Gasteiger partial charge < -0.3 is 25.0 Å². The maximum atomic E-state index is 14.5. The summed E-state index contributed by atoms with van der Waals surface area (Å²) >= 11 is 0. The lowest BCUT2D eigenvalue weighted by molar-refractivity contribution is -0.150. The van der Waals surface area contributed by atoms with Crippen molar-refractivity contribution < 1.29 is 28.7 Å². The number of allylic oxidation sites excluding steroid dienone is 1. The fourth-order valence-corrected chi connectivity index (χ4v) is 7.68. The maximum absolute atomic E-state index is 14.5. The molecule has 3 fully saturated rings. The summed E-state index contributed by atoms with van der Waals surface area (Å²) in [6.45, 7) is 0.300. The van der Waals surface area contributed by atoms with Crippen LogP contribution in [0.25, 0.3) is 11.4 Å². The molecule has 1 saturated heterocycles. The number of carbonyl (C=O) groups excluding carboxylic acids is 4. The second kappa shape index (κ2) is 16.1. The smallest absolute Gasteiger partial charge is 0.408 e. The Kier molecular flexibility index (Phi) is 10.9. The average Bonchev–Trinajstić information content (AvgIpc) is 3.64. The molecule has 3 amide bonds. The van der Waals surface area contributed by atoms with E-state index in [0.717, 1.165) is 56.1 Å². The van der Waals surface area contributed by atoms with E-state index in [0.29, 0.717) is 31.5 Å². The minimum atomic E-state index is -1.23. The molecule has 4 aliphatic rings. The summed E-state index contributed by atoms with van der Waals surface area (Å²) < 4.78 is 11.5. The Balaban J connectivity index is 1.13. The van der Waals surface area contributed by atoms with Crippen molar-refractivity contribution in [3.63, 3.8) is 0 Å². The molecule has 274 valence electrons. The number of amides is 3. The Morgan fingerprint density at radius 2 is 1.69 bits per heavy atom. The summed E-state index contributed by atoms with van der Waals surface area (Å²) in [4.78, 5) is 58.6.